The first-order chi connectivity index (χ1) is 17.4. The van der Waals surface area contributed by atoms with E-state index in [-0.39, 0.29) is 18.1 Å². The molecule has 11 heteroatoms. The number of imidazole rings is 1. The lowest BCUT2D eigenvalue weighted by Crippen LogP contribution is -2.27. The van der Waals surface area contributed by atoms with Crippen LogP contribution in [-0.4, -0.2) is 56.2 Å². The Labute approximate surface area is 217 Å². The number of primary amides is 1. The number of anilines is 2. The van der Waals surface area contributed by atoms with Crippen LogP contribution < -0.4 is 10.6 Å². The van der Waals surface area contributed by atoms with E-state index in [2.05, 4.69) is 16.6 Å². The van der Waals surface area contributed by atoms with E-state index in [4.69, 9.17) is 20.8 Å². The molecule has 0 aliphatic carbocycles. The molecule has 0 radical (unpaired) electrons. The zero-order valence-corrected chi connectivity index (χ0v) is 21.9. The Kier molecular flexibility index (Phi) is 7.22. The fourth-order valence-electron chi connectivity index (χ4n) is 4.54. The molecule has 4 heterocycles. The smallest absolute Gasteiger partial charge is 0.217 e. The highest BCUT2D eigenvalue weighted by atomic mass is 32.2. The van der Waals surface area contributed by atoms with Crippen LogP contribution in [-0.2, 0) is 11.2 Å². The van der Waals surface area contributed by atoms with Crippen LogP contribution in [0.15, 0.2) is 41.8 Å². The monoisotopic (exact) mass is 525 g/mol. The molecular weight excluding hydrogens is 497 g/mol. The minimum Gasteiger partial charge on any atom is -0.370 e. The second-order valence-electron chi connectivity index (χ2n) is 8.84. The summed E-state index contributed by atoms with van der Waals surface area (Å²) in [5.41, 5.74) is 9.57. The van der Waals surface area contributed by atoms with Crippen molar-refractivity contribution in [2.45, 2.75) is 31.6 Å². The van der Waals surface area contributed by atoms with Crippen LogP contribution in [0.25, 0.3) is 16.9 Å². The summed E-state index contributed by atoms with van der Waals surface area (Å²) in [4.78, 5) is 23.1. The van der Waals surface area contributed by atoms with Gasteiger partial charge in [-0.25, -0.2) is 14.4 Å². The second kappa shape index (κ2) is 10.5. The van der Waals surface area contributed by atoms with Crippen molar-refractivity contribution in [1.29, 1.82) is 0 Å². The standard InChI is InChI=1S/C25H28FN7OS2/c1-31(25-29-21(15-36-25)16-3-5-18(26)6-4-16)24-20(7-9-22(27)34)28-23-10-8-19(30-33(23)24)17-11-13-32(35-2)14-12-17/h3-6,8,10,15,17H,7,9,11-14H2,1-2H3,(H2,27,34). The maximum atomic E-state index is 13.4. The van der Waals surface area contributed by atoms with E-state index < -0.39 is 0 Å². The van der Waals surface area contributed by atoms with Crippen LogP contribution in [0, 0.1) is 5.82 Å². The lowest BCUT2D eigenvalue weighted by molar-refractivity contribution is -0.118. The predicted molar refractivity (Wildman–Crippen MR) is 143 cm³/mol. The first-order valence-electron chi connectivity index (χ1n) is 11.8. The summed E-state index contributed by atoms with van der Waals surface area (Å²) >= 11 is 3.27. The van der Waals surface area contributed by atoms with Crippen molar-refractivity contribution in [3.05, 3.63) is 59.0 Å². The summed E-state index contributed by atoms with van der Waals surface area (Å²) < 4.78 is 17.6. The van der Waals surface area contributed by atoms with Crippen LogP contribution in [0.4, 0.5) is 15.3 Å². The Hall–Kier alpha value is -3.02. The van der Waals surface area contributed by atoms with E-state index in [9.17, 15) is 9.18 Å². The van der Waals surface area contributed by atoms with E-state index in [1.807, 2.05) is 27.9 Å². The number of halogens is 1. The van der Waals surface area contributed by atoms with Gasteiger partial charge < -0.3 is 10.6 Å². The van der Waals surface area contributed by atoms with Crippen molar-refractivity contribution in [3.8, 4) is 11.3 Å². The number of nitrogens with zero attached hydrogens (tertiary/aromatic N) is 6. The summed E-state index contributed by atoms with van der Waals surface area (Å²) in [6.07, 6.45) is 4.84. The van der Waals surface area contributed by atoms with Gasteiger partial charge in [0.25, 0.3) is 0 Å². The highest BCUT2D eigenvalue weighted by Gasteiger charge is 2.25. The van der Waals surface area contributed by atoms with Gasteiger partial charge >= 0.3 is 0 Å². The molecule has 5 rings (SSSR count). The SMILES string of the molecule is CSN1CCC(c2ccc3nc(CCC(N)=O)c(N(C)c4nc(-c5ccc(F)cc5)cs4)n3n2)CC1. The number of rotatable bonds is 8. The number of thiazole rings is 1. The van der Waals surface area contributed by atoms with Crippen LogP contribution in [0.3, 0.4) is 0 Å². The first-order valence-corrected chi connectivity index (χ1v) is 13.9. The molecule has 0 atom stereocenters. The molecule has 3 aromatic heterocycles. The summed E-state index contributed by atoms with van der Waals surface area (Å²) in [6, 6.07) is 10.4. The van der Waals surface area contributed by atoms with Crippen LogP contribution >= 0.6 is 23.3 Å². The zero-order valence-electron chi connectivity index (χ0n) is 20.2. The van der Waals surface area contributed by atoms with E-state index in [0.29, 0.717) is 12.3 Å². The number of carbonyl (C=O) groups excluding carboxylic acids is 1. The van der Waals surface area contributed by atoms with E-state index >= 15 is 0 Å². The molecule has 0 bridgehead atoms. The molecule has 1 aromatic carbocycles. The summed E-state index contributed by atoms with van der Waals surface area (Å²) in [5.74, 6) is 0.506. The van der Waals surface area contributed by atoms with Crippen LogP contribution in [0.2, 0.25) is 0 Å². The predicted octanol–water partition coefficient (Wildman–Crippen LogP) is 4.64. The van der Waals surface area contributed by atoms with E-state index in [1.165, 1.54) is 23.5 Å². The molecule has 1 aliphatic rings. The number of aromatic nitrogens is 4. The largest absolute Gasteiger partial charge is 0.370 e. The average Bonchev–Trinajstić information content (AvgIpc) is 3.52. The molecule has 0 unspecified atom stereocenters. The van der Waals surface area contributed by atoms with E-state index in [1.54, 1.807) is 24.1 Å². The van der Waals surface area contributed by atoms with Gasteiger partial charge in [-0.05, 0) is 55.5 Å². The van der Waals surface area contributed by atoms with Gasteiger partial charge in [0.15, 0.2) is 16.6 Å². The number of hydrogen-bond acceptors (Lipinski definition) is 8. The minimum atomic E-state index is -0.372. The Morgan fingerprint density at radius 1 is 1.19 bits per heavy atom. The average molecular weight is 526 g/mol. The molecule has 36 heavy (non-hydrogen) atoms. The molecule has 1 fully saturated rings. The molecule has 0 saturated carbocycles. The number of fused-ring (bicyclic) bond motifs is 1. The third kappa shape index (κ3) is 5.09. The van der Waals surface area contributed by atoms with Crippen molar-refractivity contribution >= 4 is 45.8 Å². The van der Waals surface area contributed by atoms with Crippen molar-refractivity contribution in [2.75, 3.05) is 31.3 Å². The lowest BCUT2D eigenvalue weighted by Gasteiger charge is -2.29. The molecule has 2 N–H and O–H groups in total. The molecule has 0 spiro atoms. The Morgan fingerprint density at radius 3 is 2.64 bits per heavy atom. The van der Waals surface area contributed by atoms with Gasteiger partial charge in [-0.15, -0.1) is 11.3 Å². The quantitative estimate of drug-likeness (QED) is 0.335. The molecular formula is C25H28FN7OS2. The van der Waals surface area contributed by atoms with Gasteiger partial charge in [-0.1, -0.05) is 11.9 Å². The Morgan fingerprint density at radius 2 is 1.94 bits per heavy atom. The highest BCUT2D eigenvalue weighted by Crippen LogP contribution is 2.35. The maximum absolute atomic E-state index is 13.4. The van der Waals surface area contributed by atoms with Crippen LogP contribution in [0.5, 0.6) is 0 Å². The van der Waals surface area contributed by atoms with Crippen molar-refractivity contribution in [1.82, 2.24) is 23.9 Å². The third-order valence-electron chi connectivity index (χ3n) is 6.52. The van der Waals surface area contributed by atoms with Gasteiger partial charge in [0, 0.05) is 49.8 Å². The van der Waals surface area contributed by atoms with Gasteiger partial charge in [0.2, 0.25) is 5.91 Å². The fourth-order valence-corrected chi connectivity index (χ4v) is 5.92. The van der Waals surface area contributed by atoms with E-state index in [0.717, 1.165) is 65.2 Å². The van der Waals surface area contributed by atoms with Crippen molar-refractivity contribution in [2.24, 2.45) is 5.73 Å². The molecule has 1 saturated heterocycles. The number of amides is 1. The molecule has 1 aliphatic heterocycles. The van der Waals surface area contributed by atoms with Gasteiger partial charge in [0.1, 0.15) is 5.82 Å². The molecule has 188 valence electrons. The topological polar surface area (TPSA) is 92.7 Å². The fraction of sp³-hybridized carbons (Fsp3) is 0.360. The number of carbonyl (C=O) groups is 1. The minimum absolute atomic E-state index is 0.198. The highest BCUT2D eigenvalue weighted by molar-refractivity contribution is 7.96. The molecule has 4 aromatic rings. The lowest BCUT2D eigenvalue weighted by atomic mass is 9.94. The normalized spacial score (nSPS) is 15.0. The van der Waals surface area contributed by atoms with Crippen molar-refractivity contribution in [3.63, 3.8) is 0 Å². The van der Waals surface area contributed by atoms with Crippen LogP contribution in [0.1, 0.15) is 36.6 Å². The van der Waals surface area contributed by atoms with Crippen molar-refractivity contribution < 1.29 is 9.18 Å². The Balaban J connectivity index is 1.51. The number of piperidine rings is 1. The zero-order chi connectivity index (χ0) is 25.2. The van der Waals surface area contributed by atoms with Gasteiger partial charge in [0.05, 0.1) is 17.1 Å². The maximum Gasteiger partial charge on any atom is 0.217 e. The number of aryl methyl sites for hydroxylation is 1. The molecule has 8 nitrogen and oxygen atoms in total. The third-order valence-corrected chi connectivity index (χ3v) is 8.32. The summed E-state index contributed by atoms with van der Waals surface area (Å²) in [7, 11) is 1.93. The number of nitrogens with two attached hydrogens (primary N) is 1. The van der Waals surface area contributed by atoms with Gasteiger partial charge in [-0.3, -0.25) is 9.10 Å². The number of benzene rings is 1. The van der Waals surface area contributed by atoms with Gasteiger partial charge in [-0.2, -0.15) is 9.61 Å². The summed E-state index contributed by atoms with van der Waals surface area (Å²) in [6.45, 7) is 2.08. The first kappa shape index (κ1) is 24.7. The summed E-state index contributed by atoms with van der Waals surface area (Å²) in [5, 5.41) is 7.72. The number of hydrogen-bond donors (Lipinski definition) is 1. The second-order valence-corrected chi connectivity index (χ2v) is 10.6. The molecule has 1 amide bonds. The Bertz CT molecular complexity index is 1360.